The van der Waals surface area contributed by atoms with Crippen molar-refractivity contribution in [2.24, 2.45) is 4.99 Å². The average Bonchev–Trinajstić information content (AvgIpc) is 2.66. The predicted molar refractivity (Wildman–Crippen MR) is 98.1 cm³/mol. The SMILES string of the molecule is CCNC(=NCc1ccc([N+](=O)[O-])cc1)N1CCN(C(=O)OCC)CC1. The van der Waals surface area contributed by atoms with E-state index in [1.165, 1.54) is 12.1 Å². The number of rotatable bonds is 5. The van der Waals surface area contributed by atoms with Gasteiger partial charge in [-0.05, 0) is 19.4 Å². The number of nitro benzene ring substituents is 1. The zero-order chi connectivity index (χ0) is 18.9. The van der Waals surface area contributed by atoms with Crippen molar-refractivity contribution >= 4 is 17.7 Å². The largest absolute Gasteiger partial charge is 0.450 e. The average molecular weight is 363 g/mol. The summed E-state index contributed by atoms with van der Waals surface area (Å²) in [7, 11) is 0. The van der Waals surface area contributed by atoms with E-state index in [4.69, 9.17) is 4.74 Å². The lowest BCUT2D eigenvalue weighted by Crippen LogP contribution is -2.53. The van der Waals surface area contributed by atoms with Gasteiger partial charge in [0.15, 0.2) is 5.96 Å². The van der Waals surface area contributed by atoms with Crippen LogP contribution in [0.3, 0.4) is 0 Å². The van der Waals surface area contributed by atoms with E-state index in [1.54, 1.807) is 24.0 Å². The quantitative estimate of drug-likeness (QED) is 0.371. The van der Waals surface area contributed by atoms with Crippen molar-refractivity contribution in [2.45, 2.75) is 20.4 Å². The van der Waals surface area contributed by atoms with Gasteiger partial charge < -0.3 is 19.9 Å². The Kier molecular flexibility index (Phi) is 7.19. The zero-order valence-corrected chi connectivity index (χ0v) is 15.2. The third-order valence-electron chi connectivity index (χ3n) is 4.00. The fourth-order valence-electron chi connectivity index (χ4n) is 2.63. The molecule has 1 aromatic carbocycles. The Morgan fingerprint density at radius 2 is 1.81 bits per heavy atom. The van der Waals surface area contributed by atoms with Gasteiger partial charge in [0.1, 0.15) is 0 Å². The number of carbonyl (C=O) groups excluding carboxylic acids is 1. The van der Waals surface area contributed by atoms with Crippen LogP contribution in [0.15, 0.2) is 29.3 Å². The van der Waals surface area contributed by atoms with Crippen LogP contribution in [0.5, 0.6) is 0 Å². The first-order chi connectivity index (χ1) is 12.5. The summed E-state index contributed by atoms with van der Waals surface area (Å²) in [5.74, 6) is 0.773. The van der Waals surface area contributed by atoms with Gasteiger partial charge in [0.05, 0.1) is 18.1 Å². The number of aliphatic imine (C=N–C) groups is 1. The molecule has 0 saturated carbocycles. The number of non-ortho nitro benzene ring substituents is 1. The van der Waals surface area contributed by atoms with Crippen LogP contribution in [0.4, 0.5) is 10.5 Å². The highest BCUT2D eigenvalue weighted by atomic mass is 16.6. The van der Waals surface area contributed by atoms with E-state index in [-0.39, 0.29) is 11.8 Å². The predicted octanol–water partition coefficient (Wildman–Crippen LogP) is 1.83. The topological polar surface area (TPSA) is 100 Å². The Labute approximate surface area is 152 Å². The summed E-state index contributed by atoms with van der Waals surface area (Å²) in [6, 6.07) is 6.39. The highest BCUT2D eigenvalue weighted by molar-refractivity contribution is 5.80. The molecule has 9 nitrogen and oxygen atoms in total. The summed E-state index contributed by atoms with van der Waals surface area (Å²) < 4.78 is 5.03. The number of nitro groups is 1. The molecule has 9 heteroatoms. The standard InChI is InChI=1S/C17H25N5O4/c1-3-18-16(19-13-14-5-7-15(8-6-14)22(24)25)20-9-11-21(12-10-20)17(23)26-4-2/h5-8H,3-4,9-13H2,1-2H3,(H,18,19). The van der Waals surface area contributed by atoms with E-state index in [1.807, 2.05) is 6.92 Å². The van der Waals surface area contributed by atoms with Crippen molar-refractivity contribution in [1.82, 2.24) is 15.1 Å². The molecule has 0 atom stereocenters. The summed E-state index contributed by atoms with van der Waals surface area (Å²) in [5, 5.41) is 14.0. The maximum atomic E-state index is 11.8. The van der Waals surface area contributed by atoms with E-state index in [0.29, 0.717) is 39.3 Å². The minimum absolute atomic E-state index is 0.0692. The number of hydrogen-bond acceptors (Lipinski definition) is 5. The second-order valence-corrected chi connectivity index (χ2v) is 5.77. The number of guanidine groups is 1. The molecule has 142 valence electrons. The molecule has 1 aromatic rings. The molecule has 1 saturated heterocycles. The molecule has 0 spiro atoms. The number of hydrogen-bond donors (Lipinski definition) is 1. The summed E-state index contributed by atoms with van der Waals surface area (Å²) in [6.45, 7) is 7.84. The number of piperazine rings is 1. The van der Waals surface area contributed by atoms with Crippen LogP contribution in [0.25, 0.3) is 0 Å². The van der Waals surface area contributed by atoms with Gasteiger partial charge in [-0.3, -0.25) is 10.1 Å². The van der Waals surface area contributed by atoms with Crippen LogP contribution in [-0.2, 0) is 11.3 Å². The molecule has 1 aliphatic rings. The van der Waals surface area contributed by atoms with E-state index in [9.17, 15) is 14.9 Å². The minimum atomic E-state index is -0.417. The molecule has 0 unspecified atom stereocenters. The minimum Gasteiger partial charge on any atom is -0.450 e. The monoisotopic (exact) mass is 363 g/mol. The maximum Gasteiger partial charge on any atom is 0.409 e. The number of carbonyl (C=O) groups is 1. The van der Waals surface area contributed by atoms with Crippen LogP contribution in [-0.4, -0.2) is 66.1 Å². The van der Waals surface area contributed by atoms with E-state index >= 15 is 0 Å². The van der Waals surface area contributed by atoms with E-state index in [2.05, 4.69) is 15.2 Å². The molecule has 1 amide bonds. The zero-order valence-electron chi connectivity index (χ0n) is 15.2. The van der Waals surface area contributed by atoms with Crippen LogP contribution in [0, 0.1) is 10.1 Å². The van der Waals surface area contributed by atoms with Crippen LogP contribution in [0.1, 0.15) is 19.4 Å². The van der Waals surface area contributed by atoms with Gasteiger partial charge >= 0.3 is 6.09 Å². The van der Waals surface area contributed by atoms with Crippen LogP contribution in [0.2, 0.25) is 0 Å². The molecule has 0 radical (unpaired) electrons. The van der Waals surface area contributed by atoms with Crippen molar-refractivity contribution in [3.8, 4) is 0 Å². The Morgan fingerprint density at radius 1 is 1.19 bits per heavy atom. The highest BCUT2D eigenvalue weighted by Crippen LogP contribution is 2.13. The molecule has 1 heterocycles. The molecule has 2 rings (SSSR count). The van der Waals surface area contributed by atoms with Gasteiger partial charge in [-0.2, -0.15) is 0 Å². The summed E-state index contributed by atoms with van der Waals surface area (Å²) >= 11 is 0. The summed E-state index contributed by atoms with van der Waals surface area (Å²) in [4.78, 5) is 30.5. The Hall–Kier alpha value is -2.84. The van der Waals surface area contributed by atoms with Gasteiger partial charge in [-0.15, -0.1) is 0 Å². The number of amides is 1. The molecule has 1 N–H and O–H groups in total. The van der Waals surface area contributed by atoms with Crippen molar-refractivity contribution in [3.63, 3.8) is 0 Å². The Bertz CT molecular complexity index is 639. The number of nitrogens with zero attached hydrogens (tertiary/aromatic N) is 4. The Balaban J connectivity index is 1.96. The van der Waals surface area contributed by atoms with Crippen LogP contribution < -0.4 is 5.32 Å². The third kappa shape index (κ3) is 5.33. The van der Waals surface area contributed by atoms with Crippen molar-refractivity contribution in [2.75, 3.05) is 39.3 Å². The first-order valence-corrected chi connectivity index (χ1v) is 8.73. The number of nitrogens with one attached hydrogen (secondary N) is 1. The van der Waals surface area contributed by atoms with Crippen molar-refractivity contribution < 1.29 is 14.5 Å². The molecular formula is C17H25N5O4. The smallest absolute Gasteiger partial charge is 0.409 e. The fourth-order valence-corrected chi connectivity index (χ4v) is 2.63. The van der Waals surface area contributed by atoms with E-state index in [0.717, 1.165) is 18.1 Å². The molecule has 1 aliphatic heterocycles. The van der Waals surface area contributed by atoms with Crippen molar-refractivity contribution in [3.05, 3.63) is 39.9 Å². The molecule has 0 aliphatic carbocycles. The molecule has 26 heavy (non-hydrogen) atoms. The van der Waals surface area contributed by atoms with Gasteiger partial charge in [-0.25, -0.2) is 9.79 Å². The number of benzene rings is 1. The van der Waals surface area contributed by atoms with Crippen LogP contribution >= 0.6 is 0 Å². The summed E-state index contributed by atoms with van der Waals surface area (Å²) in [6.07, 6.45) is -0.278. The first kappa shape index (κ1) is 19.5. The van der Waals surface area contributed by atoms with Gasteiger partial charge in [-0.1, -0.05) is 12.1 Å². The highest BCUT2D eigenvalue weighted by Gasteiger charge is 2.23. The Morgan fingerprint density at radius 3 is 2.35 bits per heavy atom. The van der Waals surface area contributed by atoms with Gasteiger partial charge in [0, 0.05) is 44.9 Å². The molecule has 0 bridgehead atoms. The molecule has 0 aromatic heterocycles. The van der Waals surface area contributed by atoms with Gasteiger partial charge in [0.2, 0.25) is 0 Å². The maximum absolute atomic E-state index is 11.8. The lowest BCUT2D eigenvalue weighted by atomic mass is 10.2. The second kappa shape index (κ2) is 9.59. The fraction of sp³-hybridized carbons (Fsp3) is 0.529. The second-order valence-electron chi connectivity index (χ2n) is 5.77. The van der Waals surface area contributed by atoms with Crippen molar-refractivity contribution in [1.29, 1.82) is 0 Å². The lowest BCUT2D eigenvalue weighted by molar-refractivity contribution is -0.384. The first-order valence-electron chi connectivity index (χ1n) is 8.73. The number of ether oxygens (including phenoxy) is 1. The lowest BCUT2D eigenvalue weighted by Gasteiger charge is -2.35. The third-order valence-corrected chi connectivity index (χ3v) is 4.00. The normalized spacial score (nSPS) is 14.9. The summed E-state index contributed by atoms with van der Waals surface area (Å²) in [5.41, 5.74) is 0.968. The molecular weight excluding hydrogens is 338 g/mol. The molecule has 1 fully saturated rings. The van der Waals surface area contributed by atoms with E-state index < -0.39 is 4.92 Å². The van der Waals surface area contributed by atoms with Gasteiger partial charge in [0.25, 0.3) is 5.69 Å².